The molecule has 1 N–H and O–H groups in total. The van der Waals surface area contributed by atoms with Gasteiger partial charge in [0.05, 0.1) is 11.5 Å². The Morgan fingerprint density at radius 3 is 2.88 bits per heavy atom. The van der Waals surface area contributed by atoms with Gasteiger partial charge in [-0.05, 0) is 55.0 Å². The molecule has 0 fully saturated rings. The molecule has 0 saturated carbocycles. The van der Waals surface area contributed by atoms with Gasteiger partial charge in [-0.3, -0.25) is 9.59 Å². The molecule has 2 heterocycles. The van der Waals surface area contributed by atoms with Crippen molar-refractivity contribution in [2.45, 2.75) is 32.9 Å². The molecular weight excluding hydrogens is 336 g/mol. The molecule has 132 valence electrons. The number of amides is 2. The SMILES string of the molecule is CCOc1ccc2c(c1)CN(C(=O)[C@H](C)NC(=O)c1cccs1)CC2. The maximum atomic E-state index is 12.7. The van der Waals surface area contributed by atoms with E-state index in [-0.39, 0.29) is 11.8 Å². The highest BCUT2D eigenvalue weighted by atomic mass is 32.1. The highest BCUT2D eigenvalue weighted by Gasteiger charge is 2.26. The molecule has 0 unspecified atom stereocenters. The third-order valence-corrected chi connectivity index (χ3v) is 5.14. The van der Waals surface area contributed by atoms with Gasteiger partial charge in [0.25, 0.3) is 5.91 Å². The number of nitrogens with one attached hydrogen (secondary N) is 1. The number of hydrogen-bond acceptors (Lipinski definition) is 4. The van der Waals surface area contributed by atoms with E-state index in [1.807, 2.05) is 30.5 Å². The van der Waals surface area contributed by atoms with Gasteiger partial charge in [-0.25, -0.2) is 0 Å². The molecule has 0 spiro atoms. The third-order valence-electron chi connectivity index (χ3n) is 4.28. The quantitative estimate of drug-likeness (QED) is 0.894. The number of carbonyl (C=O) groups excluding carboxylic acids is 2. The largest absolute Gasteiger partial charge is 0.494 e. The van der Waals surface area contributed by atoms with E-state index in [0.717, 1.165) is 17.7 Å². The van der Waals surface area contributed by atoms with E-state index < -0.39 is 6.04 Å². The minimum atomic E-state index is -0.550. The molecule has 5 nitrogen and oxygen atoms in total. The van der Waals surface area contributed by atoms with E-state index in [1.165, 1.54) is 16.9 Å². The zero-order chi connectivity index (χ0) is 17.8. The molecule has 3 rings (SSSR count). The number of thiophene rings is 1. The molecular formula is C19H22N2O3S. The summed E-state index contributed by atoms with van der Waals surface area (Å²) < 4.78 is 5.55. The van der Waals surface area contributed by atoms with Crippen molar-refractivity contribution >= 4 is 23.2 Å². The zero-order valence-corrected chi connectivity index (χ0v) is 15.3. The van der Waals surface area contributed by atoms with Gasteiger partial charge in [0.15, 0.2) is 0 Å². The molecule has 0 aliphatic carbocycles. The highest BCUT2D eigenvalue weighted by molar-refractivity contribution is 7.12. The van der Waals surface area contributed by atoms with Crippen molar-refractivity contribution in [2.24, 2.45) is 0 Å². The number of carbonyl (C=O) groups is 2. The fourth-order valence-electron chi connectivity index (χ4n) is 2.99. The summed E-state index contributed by atoms with van der Waals surface area (Å²) in [5.74, 6) is 0.568. The minimum Gasteiger partial charge on any atom is -0.494 e. The van der Waals surface area contributed by atoms with E-state index in [0.29, 0.717) is 24.6 Å². The number of rotatable bonds is 5. The standard InChI is InChI=1S/C19H22N2O3S/c1-3-24-16-7-6-14-8-9-21(12-15(14)11-16)19(23)13(2)20-18(22)17-5-4-10-25-17/h4-7,10-11,13H,3,8-9,12H2,1-2H3,(H,20,22)/t13-/m0/s1. The average Bonchev–Trinajstić information content (AvgIpc) is 3.15. The lowest BCUT2D eigenvalue weighted by Gasteiger charge is -2.31. The zero-order valence-electron chi connectivity index (χ0n) is 14.5. The number of fused-ring (bicyclic) bond motifs is 1. The summed E-state index contributed by atoms with van der Waals surface area (Å²) >= 11 is 1.37. The molecule has 1 aromatic heterocycles. The van der Waals surface area contributed by atoms with E-state index in [9.17, 15) is 9.59 Å². The van der Waals surface area contributed by atoms with Crippen LogP contribution in [0.2, 0.25) is 0 Å². The second kappa shape index (κ2) is 7.70. The van der Waals surface area contributed by atoms with Gasteiger partial charge in [-0.1, -0.05) is 12.1 Å². The number of nitrogens with zero attached hydrogens (tertiary/aromatic N) is 1. The number of hydrogen-bond donors (Lipinski definition) is 1. The van der Waals surface area contributed by atoms with Crippen molar-refractivity contribution in [1.29, 1.82) is 0 Å². The Morgan fingerprint density at radius 1 is 1.32 bits per heavy atom. The molecule has 25 heavy (non-hydrogen) atoms. The predicted molar refractivity (Wildman–Crippen MR) is 98.0 cm³/mol. The van der Waals surface area contributed by atoms with Crippen LogP contribution in [0.3, 0.4) is 0 Å². The van der Waals surface area contributed by atoms with E-state index in [1.54, 1.807) is 17.9 Å². The summed E-state index contributed by atoms with van der Waals surface area (Å²) in [4.78, 5) is 27.3. The van der Waals surface area contributed by atoms with Crippen molar-refractivity contribution in [3.05, 3.63) is 51.7 Å². The molecule has 1 atom stereocenters. The lowest BCUT2D eigenvalue weighted by atomic mass is 9.99. The normalized spacial score (nSPS) is 14.6. The molecule has 1 aromatic carbocycles. The van der Waals surface area contributed by atoms with Crippen LogP contribution in [0.1, 0.15) is 34.6 Å². The van der Waals surface area contributed by atoms with Crippen molar-refractivity contribution in [3.63, 3.8) is 0 Å². The monoisotopic (exact) mass is 358 g/mol. The van der Waals surface area contributed by atoms with Crippen LogP contribution in [-0.2, 0) is 17.8 Å². The second-order valence-corrected chi connectivity index (χ2v) is 6.99. The van der Waals surface area contributed by atoms with Gasteiger partial charge < -0.3 is 15.0 Å². The van der Waals surface area contributed by atoms with Gasteiger partial charge >= 0.3 is 0 Å². The minimum absolute atomic E-state index is 0.0580. The van der Waals surface area contributed by atoms with Crippen molar-refractivity contribution in [3.8, 4) is 5.75 Å². The van der Waals surface area contributed by atoms with Gasteiger partial charge in [-0.2, -0.15) is 0 Å². The first-order valence-corrected chi connectivity index (χ1v) is 9.34. The first-order valence-electron chi connectivity index (χ1n) is 8.46. The maximum Gasteiger partial charge on any atom is 0.261 e. The fraction of sp³-hybridized carbons (Fsp3) is 0.368. The van der Waals surface area contributed by atoms with E-state index >= 15 is 0 Å². The smallest absolute Gasteiger partial charge is 0.261 e. The molecule has 2 aromatic rings. The van der Waals surface area contributed by atoms with Crippen LogP contribution in [0.4, 0.5) is 0 Å². The highest BCUT2D eigenvalue weighted by Crippen LogP contribution is 2.24. The lowest BCUT2D eigenvalue weighted by Crippen LogP contribution is -2.48. The molecule has 1 aliphatic rings. The molecule has 0 radical (unpaired) electrons. The Bertz CT molecular complexity index is 758. The van der Waals surface area contributed by atoms with Crippen molar-refractivity contribution in [1.82, 2.24) is 10.2 Å². The van der Waals surface area contributed by atoms with Crippen LogP contribution >= 0.6 is 11.3 Å². The Kier molecular flexibility index (Phi) is 5.38. The van der Waals surface area contributed by atoms with Crippen LogP contribution in [0, 0.1) is 0 Å². The first kappa shape index (κ1) is 17.5. The fourth-order valence-corrected chi connectivity index (χ4v) is 3.62. The van der Waals surface area contributed by atoms with Crippen LogP contribution in [0.5, 0.6) is 5.75 Å². The van der Waals surface area contributed by atoms with Gasteiger partial charge in [0, 0.05) is 13.1 Å². The summed E-state index contributed by atoms with van der Waals surface area (Å²) in [6, 6.07) is 9.08. The molecule has 1 aliphatic heterocycles. The third kappa shape index (κ3) is 4.02. The second-order valence-electron chi connectivity index (χ2n) is 6.05. The lowest BCUT2D eigenvalue weighted by molar-refractivity contribution is -0.133. The Morgan fingerprint density at radius 2 is 2.16 bits per heavy atom. The number of benzene rings is 1. The summed E-state index contributed by atoms with van der Waals surface area (Å²) in [6.45, 7) is 5.52. The van der Waals surface area contributed by atoms with Gasteiger partial charge in [-0.15, -0.1) is 11.3 Å². The van der Waals surface area contributed by atoms with Crippen LogP contribution in [0.25, 0.3) is 0 Å². The average molecular weight is 358 g/mol. The van der Waals surface area contributed by atoms with Crippen LogP contribution in [-0.4, -0.2) is 35.9 Å². The van der Waals surface area contributed by atoms with Gasteiger partial charge in [0.2, 0.25) is 5.91 Å². The van der Waals surface area contributed by atoms with Crippen molar-refractivity contribution in [2.75, 3.05) is 13.2 Å². The maximum absolute atomic E-state index is 12.7. The molecule has 6 heteroatoms. The van der Waals surface area contributed by atoms with Gasteiger partial charge in [0.1, 0.15) is 11.8 Å². The van der Waals surface area contributed by atoms with Crippen LogP contribution < -0.4 is 10.1 Å². The predicted octanol–water partition coefficient (Wildman–Crippen LogP) is 2.85. The Hall–Kier alpha value is -2.34. The summed E-state index contributed by atoms with van der Waals surface area (Å²) in [6.07, 6.45) is 0.819. The van der Waals surface area contributed by atoms with Crippen molar-refractivity contribution < 1.29 is 14.3 Å². The number of ether oxygens (including phenoxy) is 1. The summed E-state index contributed by atoms with van der Waals surface area (Å²) in [7, 11) is 0. The molecule has 0 bridgehead atoms. The molecule has 0 saturated heterocycles. The van der Waals surface area contributed by atoms with E-state index in [4.69, 9.17) is 4.74 Å². The summed E-state index contributed by atoms with van der Waals surface area (Å²) in [5.41, 5.74) is 2.37. The topological polar surface area (TPSA) is 58.6 Å². The first-order chi connectivity index (χ1) is 12.1. The van der Waals surface area contributed by atoms with E-state index in [2.05, 4.69) is 11.4 Å². The Balaban J connectivity index is 1.65. The summed E-state index contributed by atoms with van der Waals surface area (Å²) in [5, 5.41) is 4.64. The van der Waals surface area contributed by atoms with Crippen LogP contribution in [0.15, 0.2) is 35.7 Å². The Labute approximate surface area is 151 Å². The molecule has 2 amide bonds.